The molecule has 0 spiro atoms. The third-order valence-electron chi connectivity index (χ3n) is 0.412. The molecule has 9 heavy (non-hydrogen) atoms. The number of carbonyl (C=O) groups is 1. The molecule has 0 rings (SSSR count). The van der Waals surface area contributed by atoms with Crippen molar-refractivity contribution in [2.45, 2.75) is 13.8 Å². The van der Waals surface area contributed by atoms with Gasteiger partial charge in [0.05, 0.1) is 5.76 Å². The molecular formula is C5H8O3V. The van der Waals surface area contributed by atoms with E-state index in [9.17, 15) is 4.79 Å². The summed E-state index contributed by atoms with van der Waals surface area (Å²) in [7, 11) is 0. The van der Waals surface area contributed by atoms with Gasteiger partial charge in [0.2, 0.25) is 0 Å². The summed E-state index contributed by atoms with van der Waals surface area (Å²) in [6.45, 7) is 2.85. The molecule has 1 N–H and O–H groups in total. The second kappa shape index (κ2) is 7.59. The van der Waals surface area contributed by atoms with Crippen molar-refractivity contribution in [3.05, 3.63) is 11.8 Å². The predicted octanol–water partition coefficient (Wildman–Crippen LogP) is 0.916. The van der Waals surface area contributed by atoms with Crippen molar-refractivity contribution in [3.63, 3.8) is 0 Å². The van der Waals surface area contributed by atoms with E-state index < -0.39 is 0 Å². The van der Waals surface area contributed by atoms with E-state index >= 15 is 0 Å². The van der Waals surface area contributed by atoms with Gasteiger partial charge >= 0.3 is 21.0 Å². The van der Waals surface area contributed by atoms with Crippen molar-refractivity contribution >= 4 is 5.78 Å². The fourth-order valence-corrected chi connectivity index (χ4v) is 0.294. The van der Waals surface area contributed by atoms with E-state index in [4.69, 9.17) is 8.78 Å². The van der Waals surface area contributed by atoms with Crippen molar-refractivity contribution in [1.29, 1.82) is 0 Å². The fraction of sp³-hybridized carbons (Fsp3) is 0.400. The van der Waals surface area contributed by atoms with Crippen LogP contribution >= 0.6 is 0 Å². The Morgan fingerprint density at radius 3 is 1.78 bits per heavy atom. The van der Waals surface area contributed by atoms with Crippen molar-refractivity contribution in [2.24, 2.45) is 0 Å². The SMILES string of the molecule is CC(=O)/C=C(/C)O.[O]=[V]. The van der Waals surface area contributed by atoms with E-state index in [0.29, 0.717) is 0 Å². The van der Waals surface area contributed by atoms with Crippen LogP contribution in [0.2, 0.25) is 0 Å². The first-order valence-electron chi connectivity index (χ1n) is 2.19. The Balaban J connectivity index is 0. The van der Waals surface area contributed by atoms with Crippen molar-refractivity contribution in [2.75, 3.05) is 0 Å². The molecular weight excluding hydrogens is 159 g/mol. The van der Waals surface area contributed by atoms with Crippen LogP contribution in [-0.4, -0.2) is 10.9 Å². The normalized spacial score (nSPS) is 9.22. The Bertz CT molecular complexity index is 115. The van der Waals surface area contributed by atoms with Crippen LogP contribution in [-0.2, 0) is 25.8 Å². The van der Waals surface area contributed by atoms with Crippen LogP contribution < -0.4 is 0 Å². The van der Waals surface area contributed by atoms with Gasteiger partial charge in [-0.15, -0.1) is 0 Å². The zero-order chi connectivity index (χ0) is 7.86. The van der Waals surface area contributed by atoms with Gasteiger partial charge in [0, 0.05) is 6.08 Å². The molecule has 0 atom stereocenters. The standard InChI is InChI=1S/C5H8O2.O.V/c1-4(6)3-5(2)7;;/h3,6H,1-2H3;;/b4-3-;;. The van der Waals surface area contributed by atoms with E-state index in [1.807, 2.05) is 0 Å². The Labute approximate surface area is 63.0 Å². The van der Waals surface area contributed by atoms with Crippen LogP contribution in [0, 0.1) is 0 Å². The Morgan fingerprint density at radius 2 is 1.78 bits per heavy atom. The maximum atomic E-state index is 10.0. The summed E-state index contributed by atoms with van der Waals surface area (Å²) in [5.41, 5.74) is 0. The van der Waals surface area contributed by atoms with Gasteiger partial charge in [-0.05, 0) is 13.8 Å². The zero-order valence-corrected chi connectivity index (χ0v) is 6.68. The number of hydrogen-bond donors (Lipinski definition) is 1. The summed E-state index contributed by atoms with van der Waals surface area (Å²) < 4.78 is 8.19. The summed E-state index contributed by atoms with van der Waals surface area (Å²) >= 11 is 1.06. The Hall–Kier alpha value is -0.406. The summed E-state index contributed by atoms with van der Waals surface area (Å²) in [4.78, 5) is 10.0. The van der Waals surface area contributed by atoms with Gasteiger partial charge in [0.1, 0.15) is 0 Å². The number of allylic oxidation sites excluding steroid dienone is 2. The molecule has 0 unspecified atom stereocenters. The summed E-state index contributed by atoms with van der Waals surface area (Å²) in [6.07, 6.45) is 1.17. The first kappa shape index (κ1) is 11.4. The molecule has 0 amide bonds. The van der Waals surface area contributed by atoms with Crippen molar-refractivity contribution in [1.82, 2.24) is 0 Å². The molecule has 0 radical (unpaired) electrons. The first-order valence-corrected chi connectivity index (χ1v) is 2.76. The summed E-state index contributed by atoms with van der Waals surface area (Å²) in [6, 6.07) is 0. The van der Waals surface area contributed by atoms with Crippen LogP contribution in [0.3, 0.4) is 0 Å². The molecule has 0 aromatic rings. The molecule has 0 aliphatic carbocycles. The van der Waals surface area contributed by atoms with E-state index in [1.165, 1.54) is 19.9 Å². The van der Waals surface area contributed by atoms with Crippen LogP contribution in [0.1, 0.15) is 13.8 Å². The zero-order valence-electron chi connectivity index (χ0n) is 5.29. The molecule has 0 aliphatic heterocycles. The minimum absolute atomic E-state index is 0.0625. The van der Waals surface area contributed by atoms with E-state index in [2.05, 4.69) is 0 Å². The molecule has 0 bridgehead atoms. The van der Waals surface area contributed by atoms with Gasteiger partial charge in [0.25, 0.3) is 0 Å². The van der Waals surface area contributed by atoms with Crippen LogP contribution in [0.15, 0.2) is 11.8 Å². The molecule has 0 saturated heterocycles. The van der Waals surface area contributed by atoms with Gasteiger partial charge in [-0.2, -0.15) is 0 Å². The quantitative estimate of drug-likeness (QED) is 0.466. The van der Waals surface area contributed by atoms with Crippen molar-refractivity contribution in [3.8, 4) is 0 Å². The van der Waals surface area contributed by atoms with Gasteiger partial charge in [-0.25, -0.2) is 0 Å². The predicted molar refractivity (Wildman–Crippen MR) is 27.8 cm³/mol. The molecule has 3 nitrogen and oxygen atoms in total. The third-order valence-corrected chi connectivity index (χ3v) is 0.412. The molecule has 0 aromatic carbocycles. The number of hydrogen-bond acceptors (Lipinski definition) is 3. The molecule has 0 aliphatic rings. The number of ketones is 1. The fourth-order valence-electron chi connectivity index (χ4n) is 0.294. The molecule has 0 fully saturated rings. The average Bonchev–Trinajstić information content (AvgIpc) is 1.68. The van der Waals surface area contributed by atoms with Crippen molar-refractivity contribution < 1.29 is 30.9 Å². The van der Waals surface area contributed by atoms with E-state index in [1.54, 1.807) is 0 Å². The number of aliphatic hydroxyl groups excluding tert-OH is 1. The number of aliphatic hydroxyl groups is 1. The van der Waals surface area contributed by atoms with Gasteiger partial charge in [-0.3, -0.25) is 4.79 Å². The number of carbonyl (C=O) groups excluding carboxylic acids is 1. The monoisotopic (exact) mass is 167 g/mol. The number of rotatable bonds is 1. The second-order valence-electron chi connectivity index (χ2n) is 1.40. The molecule has 4 heteroatoms. The average molecular weight is 167 g/mol. The van der Waals surface area contributed by atoms with E-state index in [-0.39, 0.29) is 11.5 Å². The topological polar surface area (TPSA) is 54.4 Å². The van der Waals surface area contributed by atoms with Crippen LogP contribution in [0.5, 0.6) is 0 Å². The molecule has 0 aromatic heterocycles. The van der Waals surface area contributed by atoms with Gasteiger partial charge in [0.15, 0.2) is 5.78 Å². The van der Waals surface area contributed by atoms with Crippen LogP contribution in [0.25, 0.3) is 0 Å². The molecule has 0 saturated carbocycles. The maximum absolute atomic E-state index is 10.0. The third kappa shape index (κ3) is 18.4. The minimum atomic E-state index is -0.125. The summed E-state index contributed by atoms with van der Waals surface area (Å²) in [5, 5.41) is 8.36. The Morgan fingerprint density at radius 1 is 1.44 bits per heavy atom. The molecule has 0 heterocycles. The second-order valence-corrected chi connectivity index (χ2v) is 1.40. The van der Waals surface area contributed by atoms with Gasteiger partial charge < -0.3 is 5.11 Å². The molecule has 51 valence electrons. The Kier molecular flexibility index (Phi) is 9.62. The summed E-state index contributed by atoms with van der Waals surface area (Å²) in [5.74, 6) is -0.0625. The van der Waals surface area contributed by atoms with E-state index in [0.717, 1.165) is 17.4 Å². The van der Waals surface area contributed by atoms with Crippen LogP contribution in [0.4, 0.5) is 0 Å². The van der Waals surface area contributed by atoms with Gasteiger partial charge in [-0.1, -0.05) is 0 Å². The first-order chi connectivity index (χ1) is 4.13.